The van der Waals surface area contributed by atoms with Gasteiger partial charge in [0.05, 0.1) is 0 Å². The van der Waals surface area contributed by atoms with Crippen LogP contribution >= 0.6 is 0 Å². The van der Waals surface area contributed by atoms with E-state index in [1.807, 2.05) is 0 Å². The van der Waals surface area contributed by atoms with Crippen molar-refractivity contribution >= 4 is 29.9 Å². The normalized spacial score (nSPS) is 15.0. The summed E-state index contributed by atoms with van der Waals surface area (Å²) < 4.78 is 18.0. The molecule has 0 spiro atoms. The molecule has 1 aliphatic rings. The Morgan fingerprint density at radius 2 is 1.73 bits per heavy atom. The Morgan fingerprint density at radius 3 is 2.38 bits per heavy atom. The van der Waals surface area contributed by atoms with E-state index in [9.17, 15) is 24.3 Å². The van der Waals surface area contributed by atoms with E-state index in [4.69, 9.17) is 30.4 Å². The summed E-state index contributed by atoms with van der Waals surface area (Å²) in [6, 6.07) is 1.28. The molecule has 308 valence electrons. The molecule has 0 aliphatic heterocycles. The van der Waals surface area contributed by atoms with Gasteiger partial charge in [0.1, 0.15) is 23.4 Å². The SMILES string of the molecule is Cc1cc(O)cc(C)c1CC(NC(=O)C(CCCn1ccnc1N)OC(N)=O)C(=O)NC(CCCCNC(=O)OC(C)(C)C)c1nc(CC2CCCCC2)no1. The summed E-state index contributed by atoms with van der Waals surface area (Å²) in [4.78, 5) is 60.9. The van der Waals surface area contributed by atoms with Crippen LogP contribution in [0, 0.1) is 19.8 Å². The first-order valence-electron chi connectivity index (χ1n) is 19.5. The number of hydrogen-bond acceptors (Lipinski definition) is 12. The van der Waals surface area contributed by atoms with Crippen molar-refractivity contribution in [2.75, 3.05) is 12.3 Å². The predicted octanol–water partition coefficient (Wildman–Crippen LogP) is 4.82. The number of carbonyl (C=O) groups excluding carboxylic acids is 4. The number of aromatic nitrogens is 4. The number of nitrogen functional groups attached to an aromatic ring is 1. The Kier molecular flexibility index (Phi) is 15.9. The number of unbranched alkanes of at least 4 members (excludes halogenated alkanes) is 1. The lowest BCUT2D eigenvalue weighted by Gasteiger charge is -2.25. The van der Waals surface area contributed by atoms with E-state index >= 15 is 0 Å². The van der Waals surface area contributed by atoms with E-state index in [2.05, 4.69) is 26.1 Å². The van der Waals surface area contributed by atoms with Gasteiger partial charge in [0.25, 0.3) is 5.91 Å². The van der Waals surface area contributed by atoms with Crippen molar-refractivity contribution in [3.63, 3.8) is 0 Å². The van der Waals surface area contributed by atoms with Gasteiger partial charge in [-0.2, -0.15) is 4.98 Å². The highest BCUT2D eigenvalue weighted by atomic mass is 16.6. The highest BCUT2D eigenvalue weighted by Crippen LogP contribution is 2.28. The van der Waals surface area contributed by atoms with Crippen molar-refractivity contribution in [3.8, 4) is 5.75 Å². The first kappa shape index (κ1) is 43.4. The van der Waals surface area contributed by atoms with Crippen molar-refractivity contribution < 1.29 is 38.3 Å². The number of rotatable bonds is 19. The Hall–Kier alpha value is -5.35. The van der Waals surface area contributed by atoms with Gasteiger partial charge in [-0.25, -0.2) is 14.6 Å². The second-order valence-electron chi connectivity index (χ2n) is 15.6. The van der Waals surface area contributed by atoms with Crippen LogP contribution in [-0.2, 0) is 38.4 Å². The lowest BCUT2D eigenvalue weighted by atomic mass is 9.87. The first-order valence-corrected chi connectivity index (χ1v) is 19.5. The van der Waals surface area contributed by atoms with E-state index in [0.29, 0.717) is 62.9 Å². The van der Waals surface area contributed by atoms with Crippen molar-refractivity contribution in [1.29, 1.82) is 0 Å². The number of alkyl carbamates (subject to hydrolysis) is 1. The number of imidazole rings is 1. The number of phenols is 1. The van der Waals surface area contributed by atoms with Crippen LogP contribution in [0.1, 0.15) is 119 Å². The maximum absolute atomic E-state index is 14.3. The maximum Gasteiger partial charge on any atom is 0.407 e. The second kappa shape index (κ2) is 20.5. The quantitative estimate of drug-likeness (QED) is 0.0896. The Balaban J connectivity index is 1.54. The number of amides is 4. The van der Waals surface area contributed by atoms with Gasteiger partial charge < -0.3 is 51.1 Å². The molecule has 8 N–H and O–H groups in total. The van der Waals surface area contributed by atoms with Crippen LogP contribution in [0.4, 0.5) is 15.5 Å². The lowest BCUT2D eigenvalue weighted by Crippen LogP contribution is -2.52. The number of nitrogens with one attached hydrogen (secondary N) is 3. The van der Waals surface area contributed by atoms with Crippen LogP contribution in [0.15, 0.2) is 29.0 Å². The van der Waals surface area contributed by atoms with Crippen LogP contribution in [-0.4, -0.2) is 73.1 Å². The lowest BCUT2D eigenvalue weighted by molar-refractivity contribution is -0.134. The van der Waals surface area contributed by atoms with Crippen LogP contribution in [0.3, 0.4) is 0 Å². The van der Waals surface area contributed by atoms with E-state index in [-0.39, 0.29) is 24.5 Å². The third-order valence-electron chi connectivity index (χ3n) is 9.77. The van der Waals surface area contributed by atoms with Gasteiger partial charge in [0.15, 0.2) is 17.9 Å². The molecule has 0 radical (unpaired) electrons. The second-order valence-corrected chi connectivity index (χ2v) is 15.6. The zero-order valence-electron chi connectivity index (χ0n) is 33.3. The van der Waals surface area contributed by atoms with Gasteiger partial charge in [-0.1, -0.05) is 37.3 Å². The van der Waals surface area contributed by atoms with Crippen molar-refractivity contribution in [2.24, 2.45) is 11.7 Å². The largest absolute Gasteiger partial charge is 0.508 e. The average molecular weight is 782 g/mol. The summed E-state index contributed by atoms with van der Waals surface area (Å²) in [7, 11) is 0. The Morgan fingerprint density at radius 1 is 1.02 bits per heavy atom. The van der Waals surface area contributed by atoms with E-state index < -0.39 is 47.8 Å². The van der Waals surface area contributed by atoms with Gasteiger partial charge in [-0.05, 0) is 101 Å². The highest BCUT2D eigenvalue weighted by Gasteiger charge is 2.32. The number of primary amides is 1. The molecule has 56 heavy (non-hydrogen) atoms. The summed E-state index contributed by atoms with van der Waals surface area (Å²) in [6.45, 7) is 9.72. The highest BCUT2D eigenvalue weighted by molar-refractivity contribution is 5.90. The van der Waals surface area contributed by atoms with Gasteiger partial charge in [0, 0.05) is 38.3 Å². The van der Waals surface area contributed by atoms with Crippen LogP contribution < -0.4 is 27.4 Å². The summed E-state index contributed by atoms with van der Waals surface area (Å²) in [6.07, 6.45) is 8.75. The molecule has 0 saturated heterocycles. The summed E-state index contributed by atoms with van der Waals surface area (Å²) >= 11 is 0. The number of aryl methyl sites for hydroxylation is 3. The Labute approximate surface area is 328 Å². The molecular formula is C39H59N9O8. The van der Waals surface area contributed by atoms with Crippen molar-refractivity contribution in [3.05, 3.63) is 52.9 Å². The topological polar surface area (TPSA) is 252 Å². The molecule has 2 aromatic heterocycles. The number of nitrogens with two attached hydrogens (primary N) is 2. The number of aromatic hydroxyl groups is 1. The average Bonchev–Trinajstić information content (AvgIpc) is 3.75. The molecule has 4 amide bonds. The smallest absolute Gasteiger partial charge is 0.407 e. The molecule has 2 heterocycles. The minimum Gasteiger partial charge on any atom is -0.508 e. The molecule has 1 fully saturated rings. The first-order chi connectivity index (χ1) is 26.6. The standard InChI is InChI=1S/C39H59N9O8/c1-24-20-27(49)21-25(2)28(24)23-30(45-34(51)31(54-37(41)52)15-11-18-48-19-17-42-36(48)40)33(50)44-29(14-9-10-16-43-38(53)55-39(3,4)5)35-46-32(47-56-35)22-26-12-7-6-8-13-26/h17,19-21,26,29-31,49H,6-16,18,22-23H2,1-5H3,(H2,40,42)(H2,41,52)(H,43,53)(H,44,50)(H,45,51). The maximum atomic E-state index is 14.3. The van der Waals surface area contributed by atoms with Crippen LogP contribution in [0.5, 0.6) is 5.75 Å². The number of hydrogen-bond donors (Lipinski definition) is 6. The number of nitrogens with zero attached hydrogens (tertiary/aromatic N) is 4. The molecule has 1 aromatic carbocycles. The molecule has 1 saturated carbocycles. The fourth-order valence-corrected chi connectivity index (χ4v) is 6.98. The molecule has 4 rings (SSSR count). The minimum atomic E-state index is -1.30. The third-order valence-corrected chi connectivity index (χ3v) is 9.77. The fourth-order valence-electron chi connectivity index (χ4n) is 6.98. The number of benzene rings is 1. The third kappa shape index (κ3) is 14.1. The zero-order chi connectivity index (χ0) is 40.8. The fraction of sp³-hybridized carbons (Fsp3) is 0.615. The summed E-state index contributed by atoms with van der Waals surface area (Å²) in [5.41, 5.74) is 12.8. The molecule has 1 aliphatic carbocycles. The van der Waals surface area contributed by atoms with E-state index in [1.165, 1.54) is 19.3 Å². The van der Waals surface area contributed by atoms with E-state index in [1.54, 1.807) is 63.7 Å². The number of ether oxygens (including phenoxy) is 2. The monoisotopic (exact) mass is 781 g/mol. The molecule has 17 nitrogen and oxygen atoms in total. The minimum absolute atomic E-state index is 0.0493. The molecule has 17 heteroatoms. The number of anilines is 1. The van der Waals surface area contributed by atoms with Gasteiger partial charge in [-0.15, -0.1) is 0 Å². The molecular weight excluding hydrogens is 722 g/mol. The molecule has 3 aromatic rings. The Bertz CT molecular complexity index is 1740. The van der Waals surface area contributed by atoms with Gasteiger partial charge >= 0.3 is 12.2 Å². The summed E-state index contributed by atoms with van der Waals surface area (Å²) in [5, 5.41) is 23.1. The molecule has 0 bridgehead atoms. The van der Waals surface area contributed by atoms with E-state index in [0.717, 1.165) is 29.5 Å². The number of carbonyl (C=O) groups is 4. The van der Waals surface area contributed by atoms with Crippen molar-refractivity contribution in [1.82, 2.24) is 35.6 Å². The van der Waals surface area contributed by atoms with Crippen LogP contribution in [0.2, 0.25) is 0 Å². The molecule has 3 atom stereocenters. The molecule has 3 unspecified atom stereocenters. The number of phenolic OH excluding ortho intramolecular Hbond substituents is 1. The summed E-state index contributed by atoms with van der Waals surface area (Å²) in [5.74, 6) is 0.387. The van der Waals surface area contributed by atoms with Gasteiger partial charge in [-0.3, -0.25) is 9.59 Å². The van der Waals surface area contributed by atoms with Gasteiger partial charge in [0.2, 0.25) is 11.8 Å². The van der Waals surface area contributed by atoms with Crippen LogP contribution in [0.25, 0.3) is 0 Å². The predicted molar refractivity (Wildman–Crippen MR) is 207 cm³/mol. The zero-order valence-corrected chi connectivity index (χ0v) is 33.3. The van der Waals surface area contributed by atoms with Crippen molar-refractivity contribution in [2.45, 2.75) is 142 Å².